The Kier molecular flexibility index (Phi) is 4.12. The maximum absolute atomic E-state index is 12.9. The van der Waals surface area contributed by atoms with Gasteiger partial charge in [0.05, 0.1) is 0 Å². The van der Waals surface area contributed by atoms with E-state index < -0.39 is 0 Å². The molecule has 0 atom stereocenters. The van der Waals surface area contributed by atoms with Crippen molar-refractivity contribution in [3.8, 4) is 11.6 Å². The van der Waals surface area contributed by atoms with E-state index in [1.807, 2.05) is 23.7 Å². The highest BCUT2D eigenvalue weighted by atomic mass is 79.9. The highest BCUT2D eigenvalue weighted by Crippen LogP contribution is 2.27. The van der Waals surface area contributed by atoms with Crippen LogP contribution >= 0.6 is 27.7 Å². The molecule has 0 saturated carbocycles. The predicted molar refractivity (Wildman–Crippen MR) is 82.4 cm³/mol. The Labute approximate surface area is 133 Å². The molecule has 3 rings (SSSR count). The van der Waals surface area contributed by atoms with Crippen LogP contribution in [0.4, 0.5) is 4.39 Å². The van der Waals surface area contributed by atoms with E-state index in [-0.39, 0.29) is 5.82 Å². The molecule has 0 unspecified atom stereocenters. The summed E-state index contributed by atoms with van der Waals surface area (Å²) < 4.78 is 20.9. The van der Waals surface area contributed by atoms with Crippen LogP contribution in [-0.2, 0) is 12.8 Å². The largest absolute Gasteiger partial charge is 0.446 e. The van der Waals surface area contributed by atoms with Gasteiger partial charge in [0.1, 0.15) is 5.82 Å². The molecule has 2 aromatic heterocycles. The maximum atomic E-state index is 12.9. The molecule has 0 aliphatic carbocycles. The Balaban J connectivity index is 1.75. The van der Waals surface area contributed by atoms with Crippen molar-refractivity contribution in [3.63, 3.8) is 0 Å². The van der Waals surface area contributed by atoms with E-state index in [4.69, 9.17) is 4.42 Å². The molecule has 0 aliphatic heterocycles. The second-order valence-corrected chi connectivity index (χ2v) is 6.11. The lowest BCUT2D eigenvalue weighted by Gasteiger charge is -2.02. The molecule has 0 fully saturated rings. The lowest BCUT2D eigenvalue weighted by Crippen LogP contribution is -1.94. The summed E-state index contributed by atoms with van der Waals surface area (Å²) in [6, 6.07) is 10.1. The van der Waals surface area contributed by atoms with E-state index in [1.165, 1.54) is 12.1 Å². The quantitative estimate of drug-likeness (QED) is 0.645. The molecule has 0 amide bonds. The van der Waals surface area contributed by atoms with E-state index in [2.05, 4.69) is 26.1 Å². The van der Waals surface area contributed by atoms with E-state index in [1.54, 1.807) is 23.9 Å². The van der Waals surface area contributed by atoms with Gasteiger partial charge in [0.25, 0.3) is 0 Å². The number of hydrogen-bond acceptors (Lipinski definition) is 4. The summed E-state index contributed by atoms with van der Waals surface area (Å²) in [5.74, 6) is 1.80. The van der Waals surface area contributed by atoms with Crippen LogP contribution in [0.1, 0.15) is 5.56 Å². The minimum atomic E-state index is -0.229. The molecule has 0 N–H and O–H groups in total. The molecular weight excluding hydrogens is 357 g/mol. The van der Waals surface area contributed by atoms with Gasteiger partial charge in [-0.1, -0.05) is 23.9 Å². The molecule has 0 saturated heterocycles. The first-order chi connectivity index (χ1) is 10.1. The molecule has 7 heteroatoms. The number of rotatable bonds is 4. The van der Waals surface area contributed by atoms with Gasteiger partial charge < -0.3 is 8.98 Å². The zero-order valence-electron chi connectivity index (χ0n) is 11.1. The zero-order valence-corrected chi connectivity index (χ0v) is 13.5. The van der Waals surface area contributed by atoms with Gasteiger partial charge in [-0.3, -0.25) is 0 Å². The first-order valence-electron chi connectivity index (χ1n) is 6.16. The van der Waals surface area contributed by atoms with Crippen LogP contribution in [0.5, 0.6) is 0 Å². The van der Waals surface area contributed by atoms with Gasteiger partial charge in [-0.15, -0.1) is 10.2 Å². The third kappa shape index (κ3) is 3.19. The smallest absolute Gasteiger partial charge is 0.200 e. The van der Waals surface area contributed by atoms with Gasteiger partial charge in [-0.05, 0) is 45.8 Å². The molecular formula is C14H11BrFN3OS. The second kappa shape index (κ2) is 6.03. The lowest BCUT2D eigenvalue weighted by atomic mass is 10.2. The number of benzene rings is 1. The Bertz CT molecular complexity index is 754. The highest BCUT2D eigenvalue weighted by molar-refractivity contribution is 9.10. The lowest BCUT2D eigenvalue weighted by molar-refractivity contribution is 0.547. The maximum Gasteiger partial charge on any atom is 0.200 e. The molecule has 1 aromatic carbocycles. The van der Waals surface area contributed by atoms with Gasteiger partial charge >= 0.3 is 0 Å². The van der Waals surface area contributed by atoms with Crippen molar-refractivity contribution in [1.82, 2.24) is 14.8 Å². The molecule has 0 radical (unpaired) electrons. The summed E-state index contributed by atoms with van der Waals surface area (Å²) in [7, 11) is 1.89. The highest BCUT2D eigenvalue weighted by Gasteiger charge is 2.14. The summed E-state index contributed by atoms with van der Waals surface area (Å²) in [4.78, 5) is 0. The number of nitrogens with zero attached hydrogens (tertiary/aromatic N) is 3. The topological polar surface area (TPSA) is 43.9 Å². The SMILES string of the molecule is Cn1c(SCc2ccc(F)cc2)nnc1-c1ccc(Br)o1. The van der Waals surface area contributed by atoms with Crippen LogP contribution in [0.2, 0.25) is 0 Å². The fourth-order valence-electron chi connectivity index (χ4n) is 1.82. The Morgan fingerprint density at radius 3 is 2.62 bits per heavy atom. The van der Waals surface area contributed by atoms with Crippen LogP contribution in [0, 0.1) is 5.82 Å². The van der Waals surface area contributed by atoms with Gasteiger partial charge in [-0.2, -0.15) is 0 Å². The minimum Gasteiger partial charge on any atom is -0.446 e. The molecule has 4 nitrogen and oxygen atoms in total. The van der Waals surface area contributed by atoms with Gasteiger partial charge in [-0.25, -0.2) is 4.39 Å². The number of aromatic nitrogens is 3. The molecule has 0 aliphatic rings. The van der Waals surface area contributed by atoms with Crippen molar-refractivity contribution in [1.29, 1.82) is 0 Å². The average molecular weight is 368 g/mol. The van der Waals surface area contributed by atoms with Crippen LogP contribution in [0.25, 0.3) is 11.6 Å². The van der Waals surface area contributed by atoms with Gasteiger partial charge in [0.2, 0.25) is 0 Å². The van der Waals surface area contributed by atoms with E-state index in [0.29, 0.717) is 22.0 Å². The van der Waals surface area contributed by atoms with E-state index in [0.717, 1.165) is 10.7 Å². The van der Waals surface area contributed by atoms with Crippen LogP contribution in [-0.4, -0.2) is 14.8 Å². The average Bonchev–Trinajstić information content (AvgIpc) is 3.05. The third-order valence-corrected chi connectivity index (χ3v) is 4.43. The molecule has 21 heavy (non-hydrogen) atoms. The van der Waals surface area contributed by atoms with Crippen LogP contribution < -0.4 is 0 Å². The summed E-state index contributed by atoms with van der Waals surface area (Å²) in [6.45, 7) is 0. The van der Waals surface area contributed by atoms with Gasteiger partial charge in [0.15, 0.2) is 21.4 Å². The summed E-state index contributed by atoms with van der Waals surface area (Å²) >= 11 is 4.81. The summed E-state index contributed by atoms with van der Waals surface area (Å²) in [6.07, 6.45) is 0. The van der Waals surface area contributed by atoms with Crippen LogP contribution in [0.15, 0.2) is 50.6 Å². The van der Waals surface area contributed by atoms with Crippen molar-refractivity contribution < 1.29 is 8.81 Å². The summed E-state index contributed by atoms with van der Waals surface area (Å²) in [5.41, 5.74) is 1.03. The monoisotopic (exact) mass is 367 g/mol. The number of furan rings is 1. The number of thioether (sulfide) groups is 1. The Morgan fingerprint density at radius 2 is 1.95 bits per heavy atom. The predicted octanol–water partition coefficient (Wildman–Crippen LogP) is 4.27. The van der Waals surface area contributed by atoms with Crippen molar-refractivity contribution in [3.05, 3.63) is 52.4 Å². The first kappa shape index (κ1) is 14.3. The molecule has 108 valence electrons. The van der Waals surface area contributed by atoms with E-state index in [9.17, 15) is 4.39 Å². The minimum absolute atomic E-state index is 0.229. The van der Waals surface area contributed by atoms with E-state index >= 15 is 0 Å². The zero-order chi connectivity index (χ0) is 14.8. The van der Waals surface area contributed by atoms with Crippen LogP contribution in [0.3, 0.4) is 0 Å². The normalized spacial score (nSPS) is 11.0. The molecule has 0 bridgehead atoms. The molecule has 0 spiro atoms. The summed E-state index contributed by atoms with van der Waals surface area (Å²) in [5, 5.41) is 9.08. The molecule has 3 aromatic rings. The Morgan fingerprint density at radius 1 is 1.19 bits per heavy atom. The fraction of sp³-hybridized carbons (Fsp3) is 0.143. The number of hydrogen-bond donors (Lipinski definition) is 0. The van der Waals surface area contributed by atoms with Crippen molar-refractivity contribution >= 4 is 27.7 Å². The third-order valence-electron chi connectivity index (χ3n) is 2.91. The Hall–Kier alpha value is -1.60. The number of halogens is 2. The van der Waals surface area contributed by atoms with Crippen molar-refractivity contribution in [2.45, 2.75) is 10.9 Å². The fourth-order valence-corrected chi connectivity index (χ4v) is 2.99. The second-order valence-electron chi connectivity index (χ2n) is 4.38. The van der Waals surface area contributed by atoms with Gasteiger partial charge in [0, 0.05) is 12.8 Å². The first-order valence-corrected chi connectivity index (χ1v) is 7.93. The van der Waals surface area contributed by atoms with Crippen molar-refractivity contribution in [2.24, 2.45) is 7.05 Å². The molecule has 2 heterocycles. The standard InChI is InChI=1S/C14H11BrFN3OS/c1-19-13(11-6-7-12(15)20-11)17-18-14(19)21-8-9-2-4-10(16)5-3-9/h2-7H,8H2,1H3. The van der Waals surface area contributed by atoms with Crippen molar-refractivity contribution in [2.75, 3.05) is 0 Å².